The molecule has 9 heteroatoms. The van der Waals surface area contributed by atoms with Crippen molar-refractivity contribution >= 4 is 46.8 Å². The van der Waals surface area contributed by atoms with Gasteiger partial charge in [0.25, 0.3) is 0 Å². The normalized spacial score (nSPS) is 23.4. The molecule has 0 aromatic heterocycles. The van der Waals surface area contributed by atoms with Crippen LogP contribution in [0.15, 0.2) is 59.9 Å². The number of allylic oxidation sites excluding steroid dienone is 2. The highest BCUT2D eigenvalue weighted by atomic mass is 35.5. The Hall–Kier alpha value is -3.42. The van der Waals surface area contributed by atoms with E-state index >= 15 is 0 Å². The van der Waals surface area contributed by atoms with Gasteiger partial charge in [0, 0.05) is 65.6 Å². The highest BCUT2D eigenvalue weighted by Crippen LogP contribution is 2.57. The van der Waals surface area contributed by atoms with Crippen LogP contribution in [-0.2, 0) is 42.8 Å². The fraction of sp³-hybridized carbons (Fsp3) is 0.623. The highest BCUT2D eigenvalue weighted by Gasteiger charge is 2.52. The van der Waals surface area contributed by atoms with Gasteiger partial charge >= 0.3 is 5.97 Å². The Kier molecular flexibility index (Phi) is 15.2. The van der Waals surface area contributed by atoms with Gasteiger partial charge in [0.1, 0.15) is 5.78 Å². The summed E-state index contributed by atoms with van der Waals surface area (Å²) in [6, 6.07) is 12.9. The number of aliphatic carboxylic acids is 1. The first-order chi connectivity index (χ1) is 28.7. The van der Waals surface area contributed by atoms with E-state index in [1.54, 1.807) is 16.7 Å². The summed E-state index contributed by atoms with van der Waals surface area (Å²) < 4.78 is 0. The van der Waals surface area contributed by atoms with Crippen LogP contribution in [0, 0.1) is 21.7 Å². The van der Waals surface area contributed by atoms with Crippen molar-refractivity contribution in [3.8, 4) is 0 Å². The molecule has 2 amide bonds. The zero-order chi connectivity index (χ0) is 46.1. The van der Waals surface area contributed by atoms with Gasteiger partial charge in [-0.05, 0) is 125 Å². The number of carbonyl (C=O) groups excluding carboxylic acids is 3. The van der Waals surface area contributed by atoms with E-state index in [0.29, 0.717) is 25.8 Å². The van der Waals surface area contributed by atoms with Crippen LogP contribution in [0.3, 0.4) is 0 Å². The number of amides is 2. The number of nitrogens with zero attached hydrogens (tertiary/aromatic N) is 2. The first kappa shape index (κ1) is 49.6. The standard InChI is InChI=1S/C27H38ClNO2.C26H36ClNO3/c1-19(30)11-15-29-18-23-26(5,6)12-7-13-27(23,17-24(29)31)21-9-8-20(22(28)16-21)10-14-25(2,3)4;1-24(2,3)13-9-18-7-8-19(15-20(18)27)26-12-6-11-25(4,5)21(26)17-28(22(29)16-26)14-10-23(30)31/h8-9,16,18H,7,10-15,17H2,1-6H3;7-8,15,17H,6,9-14,16H2,1-5H3,(H,30,31)/t27-;26-/m10/s1. The first-order valence-corrected chi connectivity index (χ1v) is 23.8. The van der Waals surface area contributed by atoms with Crippen molar-refractivity contribution in [2.24, 2.45) is 21.7 Å². The number of fused-ring (bicyclic) bond motifs is 2. The molecule has 1 N–H and O–H groups in total. The average molecular weight is 890 g/mol. The molecular weight excluding hydrogens is 815 g/mol. The first-order valence-electron chi connectivity index (χ1n) is 23.0. The molecule has 2 atom stereocenters. The molecule has 2 fully saturated rings. The van der Waals surface area contributed by atoms with Gasteiger partial charge in [0.2, 0.25) is 11.8 Å². The summed E-state index contributed by atoms with van der Waals surface area (Å²) >= 11 is 13.5. The van der Waals surface area contributed by atoms with Gasteiger partial charge in [-0.3, -0.25) is 19.2 Å². The average Bonchev–Trinajstić information content (AvgIpc) is 3.14. The topological polar surface area (TPSA) is 95.0 Å². The molecule has 340 valence electrons. The van der Waals surface area contributed by atoms with Crippen LogP contribution in [0.2, 0.25) is 10.0 Å². The van der Waals surface area contributed by atoms with Crippen molar-refractivity contribution in [2.75, 3.05) is 13.1 Å². The Morgan fingerprint density at radius 3 is 1.37 bits per heavy atom. The number of benzene rings is 2. The second-order valence-electron chi connectivity index (χ2n) is 22.6. The summed E-state index contributed by atoms with van der Waals surface area (Å²) in [4.78, 5) is 52.2. The Balaban J connectivity index is 0.000000234. The summed E-state index contributed by atoms with van der Waals surface area (Å²) in [7, 11) is 0. The molecule has 7 nitrogen and oxygen atoms in total. The molecule has 2 aliphatic heterocycles. The van der Waals surface area contributed by atoms with E-state index in [1.165, 1.54) is 16.7 Å². The maximum Gasteiger partial charge on any atom is 0.305 e. The molecule has 2 saturated carbocycles. The van der Waals surface area contributed by atoms with Gasteiger partial charge in [-0.1, -0.05) is 130 Å². The van der Waals surface area contributed by atoms with Crippen molar-refractivity contribution in [1.29, 1.82) is 0 Å². The van der Waals surface area contributed by atoms with Crippen LogP contribution in [0.5, 0.6) is 0 Å². The zero-order valence-electron chi connectivity index (χ0n) is 39.7. The maximum atomic E-state index is 13.2. The maximum absolute atomic E-state index is 13.2. The monoisotopic (exact) mass is 888 g/mol. The highest BCUT2D eigenvalue weighted by molar-refractivity contribution is 6.31. The van der Waals surface area contributed by atoms with Crippen LogP contribution in [0.25, 0.3) is 0 Å². The van der Waals surface area contributed by atoms with E-state index in [2.05, 4.69) is 112 Å². The van der Waals surface area contributed by atoms with Gasteiger partial charge in [-0.15, -0.1) is 0 Å². The summed E-state index contributed by atoms with van der Waals surface area (Å²) in [5.41, 5.74) is 6.97. The van der Waals surface area contributed by atoms with Gasteiger partial charge < -0.3 is 14.9 Å². The SMILES string of the molecule is CC(=O)CCN1C=C2C(C)(C)CCC[C@]2(c2ccc(CCC(C)(C)C)c(Cl)c2)CC1=O.CC(C)(C)CCc1ccc([C@@]23CCCC(C)(C)C2=CN(CCC(=O)O)C(=O)C3)cc1Cl. The molecule has 0 radical (unpaired) electrons. The summed E-state index contributed by atoms with van der Waals surface area (Å²) in [6.45, 7) is 24.8. The Bertz CT molecular complexity index is 1940. The number of halogens is 2. The predicted octanol–water partition coefficient (Wildman–Crippen LogP) is 13.2. The molecule has 2 aromatic carbocycles. The number of hydrogen-bond acceptors (Lipinski definition) is 4. The molecule has 4 aliphatic rings. The number of carbonyl (C=O) groups is 4. The Morgan fingerprint density at radius 1 is 0.645 bits per heavy atom. The van der Waals surface area contributed by atoms with Crippen molar-refractivity contribution in [1.82, 2.24) is 9.80 Å². The molecule has 2 aliphatic carbocycles. The van der Waals surface area contributed by atoms with Crippen LogP contribution in [-0.4, -0.2) is 51.6 Å². The second-order valence-corrected chi connectivity index (χ2v) is 23.4. The predicted molar refractivity (Wildman–Crippen MR) is 253 cm³/mol. The quantitative estimate of drug-likeness (QED) is 0.229. The number of rotatable bonds is 12. The number of carboxylic acid groups (broad SMARTS) is 1. The van der Waals surface area contributed by atoms with Crippen LogP contribution in [0.1, 0.15) is 175 Å². The molecular formula is C53H74Cl2N2O5. The Labute approximate surface area is 383 Å². The van der Waals surface area contributed by atoms with Gasteiger partial charge in [-0.25, -0.2) is 0 Å². The molecule has 62 heavy (non-hydrogen) atoms. The molecule has 0 spiro atoms. The number of aryl methyl sites for hydroxylation is 2. The van der Waals surface area contributed by atoms with Crippen molar-refractivity contribution in [3.05, 3.63) is 92.2 Å². The largest absolute Gasteiger partial charge is 0.481 e. The Morgan fingerprint density at radius 2 is 1.03 bits per heavy atom. The van der Waals surface area contributed by atoms with Crippen LogP contribution < -0.4 is 0 Å². The van der Waals surface area contributed by atoms with Crippen LogP contribution >= 0.6 is 23.2 Å². The van der Waals surface area contributed by atoms with E-state index in [-0.39, 0.29) is 63.1 Å². The third-order valence-corrected chi connectivity index (χ3v) is 14.9. The fourth-order valence-electron chi connectivity index (χ4n) is 10.4. The van der Waals surface area contributed by atoms with Crippen molar-refractivity contribution in [2.45, 2.75) is 177 Å². The lowest BCUT2D eigenvalue weighted by Crippen LogP contribution is -2.49. The molecule has 0 unspecified atom stereocenters. The van der Waals surface area contributed by atoms with Crippen molar-refractivity contribution < 1.29 is 24.3 Å². The van der Waals surface area contributed by atoms with E-state index in [4.69, 9.17) is 28.3 Å². The number of hydrogen-bond donors (Lipinski definition) is 1. The van der Waals surface area contributed by atoms with Crippen LogP contribution in [0.4, 0.5) is 0 Å². The lowest BCUT2D eigenvalue weighted by atomic mass is 9.55. The fourth-order valence-corrected chi connectivity index (χ4v) is 11.0. The summed E-state index contributed by atoms with van der Waals surface area (Å²) in [6.07, 6.45) is 15.4. The number of carboxylic acids is 1. The number of ketones is 1. The lowest BCUT2D eigenvalue weighted by molar-refractivity contribution is -0.138. The summed E-state index contributed by atoms with van der Waals surface area (Å²) in [5, 5.41) is 10.7. The molecule has 0 saturated heterocycles. The summed E-state index contributed by atoms with van der Waals surface area (Å²) in [5.74, 6) is -0.668. The minimum absolute atomic E-state index is 0.00404. The smallest absolute Gasteiger partial charge is 0.305 e. The molecule has 6 rings (SSSR count). The minimum atomic E-state index is -0.886. The van der Waals surface area contributed by atoms with Gasteiger partial charge in [0.05, 0.1) is 6.42 Å². The lowest BCUT2D eigenvalue weighted by Gasteiger charge is -2.51. The molecule has 2 heterocycles. The second kappa shape index (κ2) is 19.0. The third-order valence-electron chi connectivity index (χ3n) is 14.2. The van der Waals surface area contributed by atoms with E-state index in [0.717, 1.165) is 90.9 Å². The molecule has 2 aromatic rings. The third kappa shape index (κ3) is 11.6. The van der Waals surface area contributed by atoms with E-state index in [1.807, 2.05) is 6.20 Å². The van der Waals surface area contributed by atoms with Gasteiger partial charge in [0.15, 0.2) is 0 Å². The molecule has 0 bridgehead atoms. The number of Topliss-reactive ketones (excluding diaryl/α,β-unsaturated/α-hetero) is 1. The van der Waals surface area contributed by atoms with Crippen molar-refractivity contribution in [3.63, 3.8) is 0 Å². The van der Waals surface area contributed by atoms with E-state index in [9.17, 15) is 19.2 Å². The van der Waals surface area contributed by atoms with Gasteiger partial charge in [-0.2, -0.15) is 0 Å². The minimum Gasteiger partial charge on any atom is -0.481 e. The zero-order valence-corrected chi connectivity index (χ0v) is 41.2. The van der Waals surface area contributed by atoms with E-state index < -0.39 is 5.97 Å².